The first-order chi connectivity index (χ1) is 10.8. The predicted octanol–water partition coefficient (Wildman–Crippen LogP) is 1.90. The molecule has 0 saturated carbocycles. The molecule has 2 N–H and O–H groups in total. The van der Waals surface area contributed by atoms with Gasteiger partial charge < -0.3 is 15.0 Å². The Bertz CT molecular complexity index is 650. The molecule has 1 saturated heterocycles. The van der Waals surface area contributed by atoms with Gasteiger partial charge in [0.15, 0.2) is 0 Å². The largest absolute Gasteiger partial charge is 0.481 e. The van der Waals surface area contributed by atoms with E-state index in [0.717, 1.165) is 5.69 Å². The van der Waals surface area contributed by atoms with E-state index in [-0.39, 0.29) is 24.1 Å². The number of piperidine rings is 1. The molecule has 23 heavy (non-hydrogen) atoms. The molecule has 0 bridgehead atoms. The Morgan fingerprint density at radius 3 is 2.65 bits per heavy atom. The van der Waals surface area contributed by atoms with Gasteiger partial charge in [0, 0.05) is 29.9 Å². The second-order valence-corrected chi connectivity index (χ2v) is 6.78. The number of pyridine rings is 1. The molecule has 2 atom stereocenters. The average Bonchev–Trinajstić information content (AvgIpc) is 2.45. The summed E-state index contributed by atoms with van der Waals surface area (Å²) in [6, 6.07) is 2.98. The molecule has 0 aliphatic carbocycles. The molecule has 1 amide bonds. The fourth-order valence-corrected chi connectivity index (χ4v) is 3.03. The topological polar surface area (TPSA) is 90.5 Å². The third-order valence-electron chi connectivity index (χ3n) is 4.27. The number of nitrogens with zero attached hydrogens (tertiary/aromatic N) is 1. The number of carbonyl (C=O) groups is 2. The normalized spacial score (nSPS) is 21.5. The van der Waals surface area contributed by atoms with Gasteiger partial charge in [-0.3, -0.25) is 14.4 Å². The van der Waals surface area contributed by atoms with E-state index in [9.17, 15) is 19.5 Å². The fourth-order valence-electron chi connectivity index (χ4n) is 3.03. The second-order valence-electron chi connectivity index (χ2n) is 6.78. The van der Waals surface area contributed by atoms with Crippen LogP contribution >= 0.6 is 0 Å². The summed E-state index contributed by atoms with van der Waals surface area (Å²) in [5, 5.41) is 9.19. The first kappa shape index (κ1) is 17.2. The number of amides is 1. The summed E-state index contributed by atoms with van der Waals surface area (Å²) in [7, 11) is 0. The van der Waals surface area contributed by atoms with Crippen molar-refractivity contribution < 1.29 is 14.7 Å². The Labute approximate surface area is 135 Å². The molecule has 1 aliphatic rings. The third-order valence-corrected chi connectivity index (χ3v) is 4.27. The molecular weight excluding hydrogens is 296 g/mol. The van der Waals surface area contributed by atoms with Crippen molar-refractivity contribution in [1.29, 1.82) is 0 Å². The molecule has 2 rings (SSSR count). The number of H-pyrrole nitrogens is 1. The monoisotopic (exact) mass is 320 g/mol. The lowest BCUT2D eigenvalue weighted by atomic mass is 9.93. The number of rotatable bonds is 4. The van der Waals surface area contributed by atoms with E-state index in [1.165, 1.54) is 6.07 Å². The molecule has 6 heteroatoms. The van der Waals surface area contributed by atoms with Crippen LogP contribution < -0.4 is 5.56 Å². The molecule has 1 aromatic rings. The smallest absolute Gasteiger partial charge is 0.308 e. The van der Waals surface area contributed by atoms with Gasteiger partial charge in [0.2, 0.25) is 5.56 Å². The average molecular weight is 320 g/mol. The van der Waals surface area contributed by atoms with E-state index >= 15 is 0 Å². The van der Waals surface area contributed by atoms with Crippen LogP contribution in [0.3, 0.4) is 0 Å². The third kappa shape index (κ3) is 4.21. The van der Waals surface area contributed by atoms with Crippen LogP contribution in [0.4, 0.5) is 0 Å². The van der Waals surface area contributed by atoms with Crippen LogP contribution in [0.25, 0.3) is 0 Å². The lowest BCUT2D eigenvalue weighted by molar-refractivity contribution is -0.143. The summed E-state index contributed by atoms with van der Waals surface area (Å²) < 4.78 is 0. The number of carbonyl (C=O) groups excluding carboxylic acids is 1. The maximum Gasteiger partial charge on any atom is 0.308 e. The van der Waals surface area contributed by atoms with Gasteiger partial charge >= 0.3 is 5.97 Å². The molecule has 0 aromatic carbocycles. The molecule has 126 valence electrons. The van der Waals surface area contributed by atoms with Crippen LogP contribution in [-0.4, -0.2) is 39.5 Å². The molecular formula is C17H24N2O4. The zero-order chi connectivity index (χ0) is 17.1. The summed E-state index contributed by atoms with van der Waals surface area (Å²) >= 11 is 0. The van der Waals surface area contributed by atoms with Crippen LogP contribution in [0.15, 0.2) is 16.9 Å². The van der Waals surface area contributed by atoms with Crippen molar-refractivity contribution in [3.05, 3.63) is 33.7 Å². The predicted molar refractivity (Wildman–Crippen MR) is 86.5 cm³/mol. The Morgan fingerprint density at radius 2 is 2.04 bits per heavy atom. The van der Waals surface area contributed by atoms with E-state index in [2.05, 4.69) is 4.98 Å². The van der Waals surface area contributed by atoms with Gasteiger partial charge in [0.1, 0.15) is 0 Å². The molecule has 0 radical (unpaired) electrons. The van der Waals surface area contributed by atoms with Gasteiger partial charge in [-0.1, -0.05) is 13.8 Å². The second kappa shape index (κ2) is 6.98. The van der Waals surface area contributed by atoms with Gasteiger partial charge in [-0.15, -0.1) is 0 Å². The number of nitrogens with one attached hydrogen (secondary N) is 1. The summed E-state index contributed by atoms with van der Waals surface area (Å²) in [6.45, 7) is 6.19. The standard InChI is InChI=1S/C17H24N2O4/c1-10(2)6-14-7-13(8-15(20)18-14)16(21)19-9-12(17(22)23)5-4-11(19)3/h7-8,10-12H,4-6,9H2,1-3H3,(H,18,20)(H,22,23). The lowest BCUT2D eigenvalue weighted by Gasteiger charge is -2.36. The van der Waals surface area contributed by atoms with Crippen LogP contribution in [0, 0.1) is 11.8 Å². The number of hydrogen-bond donors (Lipinski definition) is 2. The van der Waals surface area contributed by atoms with E-state index < -0.39 is 11.9 Å². The first-order valence-corrected chi connectivity index (χ1v) is 8.05. The summed E-state index contributed by atoms with van der Waals surface area (Å²) in [5.41, 5.74) is 0.767. The van der Waals surface area contributed by atoms with E-state index in [1.54, 1.807) is 11.0 Å². The van der Waals surface area contributed by atoms with Crippen molar-refractivity contribution in [2.45, 2.75) is 46.1 Å². The fraction of sp³-hybridized carbons (Fsp3) is 0.588. The van der Waals surface area contributed by atoms with E-state index in [4.69, 9.17) is 0 Å². The van der Waals surface area contributed by atoms with Crippen LogP contribution in [-0.2, 0) is 11.2 Å². The van der Waals surface area contributed by atoms with Crippen LogP contribution in [0.1, 0.15) is 49.7 Å². The number of aromatic amines is 1. The maximum absolute atomic E-state index is 12.7. The number of carboxylic acids is 1. The van der Waals surface area contributed by atoms with Crippen molar-refractivity contribution in [1.82, 2.24) is 9.88 Å². The van der Waals surface area contributed by atoms with E-state index in [0.29, 0.717) is 30.7 Å². The van der Waals surface area contributed by atoms with E-state index in [1.807, 2.05) is 20.8 Å². The maximum atomic E-state index is 12.7. The quantitative estimate of drug-likeness (QED) is 0.886. The van der Waals surface area contributed by atoms with Crippen LogP contribution in [0.2, 0.25) is 0 Å². The first-order valence-electron chi connectivity index (χ1n) is 8.05. The Hall–Kier alpha value is -2.11. The van der Waals surface area contributed by atoms with Gasteiger partial charge in [0.25, 0.3) is 5.91 Å². The minimum atomic E-state index is -0.874. The van der Waals surface area contributed by atoms with Gasteiger partial charge in [-0.2, -0.15) is 0 Å². The van der Waals surface area contributed by atoms with Crippen molar-refractivity contribution in [2.24, 2.45) is 11.8 Å². The lowest BCUT2D eigenvalue weighted by Crippen LogP contribution is -2.47. The van der Waals surface area contributed by atoms with Crippen molar-refractivity contribution in [2.75, 3.05) is 6.54 Å². The number of carboxylic acid groups (broad SMARTS) is 1. The molecule has 1 aliphatic heterocycles. The van der Waals surface area contributed by atoms with Gasteiger partial charge in [-0.05, 0) is 38.2 Å². The summed E-state index contributed by atoms with van der Waals surface area (Å²) in [5.74, 6) is -1.31. The van der Waals surface area contributed by atoms with Crippen molar-refractivity contribution in [3.8, 4) is 0 Å². The van der Waals surface area contributed by atoms with Gasteiger partial charge in [-0.25, -0.2) is 0 Å². The van der Waals surface area contributed by atoms with Crippen LogP contribution in [0.5, 0.6) is 0 Å². The number of likely N-dealkylation sites (tertiary alicyclic amines) is 1. The zero-order valence-corrected chi connectivity index (χ0v) is 13.8. The number of aliphatic carboxylic acids is 1. The molecule has 1 fully saturated rings. The molecule has 6 nitrogen and oxygen atoms in total. The minimum Gasteiger partial charge on any atom is -0.481 e. The highest BCUT2D eigenvalue weighted by molar-refractivity contribution is 5.94. The Kier molecular flexibility index (Phi) is 5.23. The highest BCUT2D eigenvalue weighted by atomic mass is 16.4. The molecule has 2 unspecified atom stereocenters. The number of aromatic nitrogens is 1. The summed E-state index contributed by atoms with van der Waals surface area (Å²) in [6.07, 6.45) is 1.92. The highest BCUT2D eigenvalue weighted by Gasteiger charge is 2.33. The Morgan fingerprint density at radius 1 is 1.35 bits per heavy atom. The SMILES string of the molecule is CC(C)Cc1cc(C(=O)N2CC(C(=O)O)CCC2C)cc(=O)[nH]1. The van der Waals surface area contributed by atoms with Gasteiger partial charge in [0.05, 0.1) is 5.92 Å². The Balaban J connectivity index is 2.26. The molecule has 2 heterocycles. The van der Waals surface area contributed by atoms with Crippen molar-refractivity contribution in [3.63, 3.8) is 0 Å². The summed E-state index contributed by atoms with van der Waals surface area (Å²) in [4.78, 5) is 40.1. The molecule has 0 spiro atoms. The minimum absolute atomic E-state index is 0.0223. The van der Waals surface area contributed by atoms with Crippen molar-refractivity contribution >= 4 is 11.9 Å². The molecule has 1 aromatic heterocycles. The zero-order valence-electron chi connectivity index (χ0n) is 13.8. The number of hydrogen-bond acceptors (Lipinski definition) is 3. The highest BCUT2D eigenvalue weighted by Crippen LogP contribution is 2.24.